The Balaban J connectivity index is 2.59. The second kappa shape index (κ2) is 6.14. The van der Waals surface area contributed by atoms with Crippen LogP contribution in [0.1, 0.15) is 24.2 Å². The van der Waals surface area contributed by atoms with Crippen LogP contribution in [0.25, 0.3) is 0 Å². The number of nitrogens with zero attached hydrogens (tertiary/aromatic N) is 2. The molecule has 1 unspecified atom stereocenters. The number of nitrogens with one attached hydrogen (secondary N) is 1. The molecule has 1 atom stereocenters. The van der Waals surface area contributed by atoms with Crippen molar-refractivity contribution >= 4 is 34.8 Å². The van der Waals surface area contributed by atoms with Gasteiger partial charge >= 0.3 is 0 Å². The number of hydrogen-bond donors (Lipinski definition) is 1. The average molecular weight is 319 g/mol. The molecule has 0 fully saturated rings. The Kier molecular flexibility index (Phi) is 4.74. The minimum Gasteiger partial charge on any atom is -0.308 e. The van der Waals surface area contributed by atoms with Crippen molar-refractivity contribution in [1.82, 2.24) is 15.1 Å². The van der Waals surface area contributed by atoms with E-state index in [2.05, 4.69) is 10.4 Å². The Labute approximate surface area is 127 Å². The highest BCUT2D eigenvalue weighted by molar-refractivity contribution is 6.36. The number of halogens is 3. The number of hydrogen-bond acceptors (Lipinski definition) is 2. The molecule has 0 saturated carbocycles. The van der Waals surface area contributed by atoms with Crippen molar-refractivity contribution in [3.63, 3.8) is 0 Å². The Morgan fingerprint density at radius 1 is 1.21 bits per heavy atom. The van der Waals surface area contributed by atoms with Gasteiger partial charge in [-0.3, -0.25) is 4.68 Å². The molecule has 0 bridgehead atoms. The third-order valence-corrected chi connectivity index (χ3v) is 3.93. The van der Waals surface area contributed by atoms with Crippen LogP contribution < -0.4 is 5.32 Å². The Hall–Kier alpha value is -0.740. The molecule has 1 N–H and O–H groups in total. The van der Waals surface area contributed by atoms with Gasteiger partial charge in [0.2, 0.25) is 0 Å². The fourth-order valence-electron chi connectivity index (χ4n) is 2.12. The van der Waals surface area contributed by atoms with Crippen LogP contribution in [0, 0.1) is 0 Å². The maximum Gasteiger partial charge on any atom is 0.0837 e. The van der Waals surface area contributed by atoms with E-state index < -0.39 is 0 Å². The van der Waals surface area contributed by atoms with E-state index in [1.54, 1.807) is 6.20 Å². The molecule has 0 saturated heterocycles. The lowest BCUT2D eigenvalue weighted by Gasteiger charge is -2.21. The average Bonchev–Trinajstić information content (AvgIpc) is 2.75. The molecule has 0 aliphatic carbocycles. The molecule has 2 aromatic rings. The van der Waals surface area contributed by atoms with E-state index in [4.69, 9.17) is 34.8 Å². The fourth-order valence-corrected chi connectivity index (χ4v) is 2.98. The minimum absolute atomic E-state index is 0.198. The molecule has 1 heterocycles. The van der Waals surface area contributed by atoms with Crippen molar-refractivity contribution in [1.29, 1.82) is 0 Å². The molecule has 2 rings (SSSR count). The largest absolute Gasteiger partial charge is 0.308 e. The normalized spacial score (nSPS) is 12.7. The zero-order valence-electron chi connectivity index (χ0n) is 10.6. The smallest absolute Gasteiger partial charge is 0.0837 e. The Bertz CT molecular complexity index is 560. The predicted octanol–water partition coefficient (Wildman–Crippen LogP) is 4.17. The zero-order chi connectivity index (χ0) is 14.0. The van der Waals surface area contributed by atoms with E-state index in [0.29, 0.717) is 15.1 Å². The van der Waals surface area contributed by atoms with Gasteiger partial charge in [-0.25, -0.2) is 0 Å². The fraction of sp³-hybridized carbons (Fsp3) is 0.308. The van der Waals surface area contributed by atoms with Crippen molar-refractivity contribution in [2.75, 3.05) is 7.05 Å². The number of benzene rings is 1. The number of rotatable bonds is 4. The topological polar surface area (TPSA) is 29.9 Å². The molecule has 0 amide bonds. The molecular weight excluding hydrogens is 305 g/mol. The first kappa shape index (κ1) is 14.7. The molecule has 19 heavy (non-hydrogen) atoms. The van der Waals surface area contributed by atoms with Gasteiger partial charge in [-0.2, -0.15) is 5.10 Å². The summed E-state index contributed by atoms with van der Waals surface area (Å²) in [5, 5.41) is 9.25. The van der Waals surface area contributed by atoms with Crippen LogP contribution in [0.2, 0.25) is 15.1 Å². The molecule has 1 aromatic carbocycles. The highest BCUT2D eigenvalue weighted by Gasteiger charge is 2.24. The van der Waals surface area contributed by atoms with Gasteiger partial charge in [-0.1, -0.05) is 40.9 Å². The molecule has 0 aliphatic heterocycles. The van der Waals surface area contributed by atoms with Crippen LogP contribution >= 0.6 is 34.8 Å². The standard InChI is InChI=1S/C13H14Cl3N3/c1-3-19-13(10(16)7-18-19)12(17-2)11-8(14)5-4-6-9(11)15/h4-7,12,17H,3H2,1-2H3. The van der Waals surface area contributed by atoms with Gasteiger partial charge in [0.1, 0.15) is 0 Å². The van der Waals surface area contributed by atoms with E-state index in [1.807, 2.05) is 36.9 Å². The third-order valence-electron chi connectivity index (χ3n) is 2.98. The van der Waals surface area contributed by atoms with Crippen molar-refractivity contribution in [2.24, 2.45) is 0 Å². The molecule has 1 aromatic heterocycles. The summed E-state index contributed by atoms with van der Waals surface area (Å²) in [6.45, 7) is 2.73. The maximum absolute atomic E-state index is 6.27. The minimum atomic E-state index is -0.198. The van der Waals surface area contributed by atoms with E-state index in [1.165, 1.54) is 0 Å². The highest BCUT2D eigenvalue weighted by atomic mass is 35.5. The van der Waals surface area contributed by atoms with Gasteiger partial charge < -0.3 is 5.32 Å². The van der Waals surface area contributed by atoms with Crippen LogP contribution in [-0.2, 0) is 6.54 Å². The summed E-state index contributed by atoms with van der Waals surface area (Å²) < 4.78 is 1.84. The lowest BCUT2D eigenvalue weighted by Crippen LogP contribution is -2.22. The Morgan fingerprint density at radius 3 is 2.37 bits per heavy atom. The molecule has 3 nitrogen and oxygen atoms in total. The summed E-state index contributed by atoms with van der Waals surface area (Å²) in [6, 6.07) is 5.25. The summed E-state index contributed by atoms with van der Waals surface area (Å²) in [5.74, 6) is 0. The van der Waals surface area contributed by atoms with E-state index in [-0.39, 0.29) is 6.04 Å². The first-order valence-corrected chi connectivity index (χ1v) is 7.05. The molecule has 0 spiro atoms. The van der Waals surface area contributed by atoms with Crippen LogP contribution in [0.15, 0.2) is 24.4 Å². The zero-order valence-corrected chi connectivity index (χ0v) is 12.9. The first-order valence-electron chi connectivity index (χ1n) is 5.92. The highest BCUT2D eigenvalue weighted by Crippen LogP contribution is 2.36. The molecule has 0 aliphatic rings. The summed E-state index contributed by atoms with van der Waals surface area (Å²) in [5.41, 5.74) is 1.67. The van der Waals surface area contributed by atoms with E-state index in [9.17, 15) is 0 Å². The third kappa shape index (κ3) is 2.75. The van der Waals surface area contributed by atoms with Gasteiger partial charge in [0.25, 0.3) is 0 Å². The maximum atomic E-state index is 6.27. The second-order valence-corrected chi connectivity index (χ2v) is 5.27. The molecule has 0 radical (unpaired) electrons. The molecule has 6 heteroatoms. The SMILES string of the molecule is CCn1ncc(Cl)c1C(NC)c1c(Cl)cccc1Cl. The van der Waals surface area contributed by atoms with Gasteiger partial charge in [-0.15, -0.1) is 0 Å². The first-order chi connectivity index (χ1) is 9.10. The predicted molar refractivity (Wildman–Crippen MR) is 80.3 cm³/mol. The summed E-state index contributed by atoms with van der Waals surface area (Å²) in [6.07, 6.45) is 1.63. The van der Waals surface area contributed by atoms with Crippen molar-refractivity contribution in [3.05, 3.63) is 50.7 Å². The molecular formula is C13H14Cl3N3. The number of aromatic nitrogens is 2. The second-order valence-electron chi connectivity index (χ2n) is 4.05. The summed E-state index contributed by atoms with van der Waals surface area (Å²) in [7, 11) is 1.84. The van der Waals surface area contributed by atoms with Crippen molar-refractivity contribution in [2.45, 2.75) is 19.5 Å². The van der Waals surface area contributed by atoms with E-state index >= 15 is 0 Å². The van der Waals surface area contributed by atoms with Crippen molar-refractivity contribution < 1.29 is 0 Å². The van der Waals surface area contributed by atoms with Gasteiger partial charge in [0.15, 0.2) is 0 Å². The van der Waals surface area contributed by atoms with Crippen LogP contribution in [-0.4, -0.2) is 16.8 Å². The summed E-state index contributed by atoms with van der Waals surface area (Å²) in [4.78, 5) is 0. The van der Waals surface area contributed by atoms with Crippen LogP contribution in [0.3, 0.4) is 0 Å². The quantitative estimate of drug-likeness (QED) is 0.917. The van der Waals surface area contributed by atoms with Gasteiger partial charge in [0.05, 0.1) is 23.0 Å². The van der Waals surface area contributed by atoms with Crippen LogP contribution in [0.4, 0.5) is 0 Å². The lowest BCUT2D eigenvalue weighted by atomic mass is 10.0. The molecule has 102 valence electrons. The van der Waals surface area contributed by atoms with E-state index in [0.717, 1.165) is 17.8 Å². The van der Waals surface area contributed by atoms with Crippen molar-refractivity contribution in [3.8, 4) is 0 Å². The number of aryl methyl sites for hydroxylation is 1. The monoisotopic (exact) mass is 317 g/mol. The lowest BCUT2D eigenvalue weighted by molar-refractivity contribution is 0.563. The van der Waals surface area contributed by atoms with Crippen LogP contribution in [0.5, 0.6) is 0 Å². The Morgan fingerprint density at radius 2 is 1.84 bits per heavy atom. The van der Waals surface area contributed by atoms with Gasteiger partial charge in [0, 0.05) is 22.2 Å². The summed E-state index contributed by atoms with van der Waals surface area (Å²) >= 11 is 18.8. The van der Waals surface area contributed by atoms with Gasteiger partial charge in [-0.05, 0) is 26.1 Å².